The van der Waals surface area contributed by atoms with E-state index >= 15 is 0 Å². The maximum Gasteiger partial charge on any atom is 0.211 e. The second kappa shape index (κ2) is 8.53. The van der Waals surface area contributed by atoms with Gasteiger partial charge in [0.1, 0.15) is 0 Å². The Morgan fingerprint density at radius 3 is 2.36 bits per heavy atom. The first-order valence-electron chi connectivity index (χ1n) is 10.8. The largest absolute Gasteiger partial charge is 0.275 e. The molecule has 0 aliphatic carbocycles. The van der Waals surface area contributed by atoms with Gasteiger partial charge in [-0.3, -0.25) is 9.36 Å². The fourth-order valence-electron chi connectivity index (χ4n) is 4.16. The monoisotopic (exact) mass is 463 g/mol. The predicted molar refractivity (Wildman–Crippen MR) is 126 cm³/mol. The average Bonchev–Trinajstić information content (AvgIpc) is 3.49. The SMILES string of the molecule is Cn1cc(-c2cccc(-c3ncc(-c4cnn([C@H]5CCCN(S(C)(=O)=O)C5)c4)cn3)c2)cn1. The molecule has 4 heterocycles. The van der Waals surface area contributed by atoms with Crippen LogP contribution in [0.4, 0.5) is 0 Å². The van der Waals surface area contributed by atoms with E-state index in [1.54, 1.807) is 23.3 Å². The number of piperidine rings is 1. The van der Waals surface area contributed by atoms with Crippen molar-refractivity contribution in [2.24, 2.45) is 7.05 Å². The van der Waals surface area contributed by atoms with Gasteiger partial charge < -0.3 is 0 Å². The summed E-state index contributed by atoms with van der Waals surface area (Å²) in [5.41, 5.74) is 4.80. The maximum atomic E-state index is 11.9. The Morgan fingerprint density at radius 1 is 0.909 bits per heavy atom. The molecule has 0 spiro atoms. The number of nitrogens with zero attached hydrogens (tertiary/aromatic N) is 7. The first kappa shape index (κ1) is 21.5. The summed E-state index contributed by atoms with van der Waals surface area (Å²) in [6.07, 6.45) is 14.1. The second-order valence-corrected chi connectivity index (χ2v) is 10.4. The Hall–Kier alpha value is -3.37. The minimum absolute atomic E-state index is 0.0256. The van der Waals surface area contributed by atoms with Crippen molar-refractivity contribution in [1.29, 1.82) is 0 Å². The Balaban J connectivity index is 1.34. The lowest BCUT2D eigenvalue weighted by Crippen LogP contribution is -2.40. The summed E-state index contributed by atoms with van der Waals surface area (Å²) in [6, 6.07) is 8.10. The molecule has 1 aromatic carbocycles. The van der Waals surface area contributed by atoms with Crippen LogP contribution in [-0.2, 0) is 17.1 Å². The van der Waals surface area contributed by atoms with Crippen molar-refractivity contribution < 1.29 is 8.42 Å². The van der Waals surface area contributed by atoms with Gasteiger partial charge in [-0.05, 0) is 24.5 Å². The molecule has 0 N–H and O–H groups in total. The number of benzene rings is 1. The molecule has 0 bridgehead atoms. The average molecular weight is 464 g/mol. The van der Waals surface area contributed by atoms with Crippen molar-refractivity contribution in [3.8, 4) is 33.6 Å². The van der Waals surface area contributed by atoms with Crippen molar-refractivity contribution in [1.82, 2.24) is 33.8 Å². The zero-order chi connectivity index (χ0) is 23.0. The van der Waals surface area contributed by atoms with Crippen LogP contribution in [0.25, 0.3) is 33.6 Å². The summed E-state index contributed by atoms with van der Waals surface area (Å²) in [7, 11) is -1.30. The molecule has 9 nitrogen and oxygen atoms in total. The van der Waals surface area contributed by atoms with Crippen LogP contribution < -0.4 is 0 Å². The molecule has 1 saturated heterocycles. The van der Waals surface area contributed by atoms with Gasteiger partial charge >= 0.3 is 0 Å². The van der Waals surface area contributed by atoms with Gasteiger partial charge in [0.2, 0.25) is 10.0 Å². The highest BCUT2D eigenvalue weighted by Crippen LogP contribution is 2.27. The summed E-state index contributed by atoms with van der Waals surface area (Å²) >= 11 is 0. The molecule has 3 aromatic heterocycles. The van der Waals surface area contributed by atoms with Gasteiger partial charge in [-0.25, -0.2) is 22.7 Å². The highest BCUT2D eigenvalue weighted by atomic mass is 32.2. The molecule has 1 aliphatic heterocycles. The fraction of sp³-hybridized carbons (Fsp3) is 0.304. The van der Waals surface area contributed by atoms with Crippen molar-refractivity contribution in [3.63, 3.8) is 0 Å². The molecular formula is C23H25N7O2S. The van der Waals surface area contributed by atoms with Crippen LogP contribution >= 0.6 is 0 Å². The van der Waals surface area contributed by atoms with Gasteiger partial charge in [0.15, 0.2) is 5.82 Å². The van der Waals surface area contributed by atoms with Crippen LogP contribution in [0.15, 0.2) is 61.4 Å². The van der Waals surface area contributed by atoms with Gasteiger partial charge in [0.25, 0.3) is 0 Å². The fourth-order valence-corrected chi connectivity index (χ4v) is 5.06. The lowest BCUT2D eigenvalue weighted by molar-refractivity contribution is 0.255. The normalized spacial score (nSPS) is 17.3. The summed E-state index contributed by atoms with van der Waals surface area (Å²) < 4.78 is 29.0. The number of aryl methyl sites for hydroxylation is 1. The first-order valence-corrected chi connectivity index (χ1v) is 12.6. The molecule has 0 amide bonds. The summed E-state index contributed by atoms with van der Waals surface area (Å²) in [5.74, 6) is 0.646. The van der Waals surface area contributed by atoms with Crippen LogP contribution in [-0.4, -0.2) is 61.6 Å². The Labute approximate surface area is 192 Å². The molecule has 0 radical (unpaired) electrons. The number of hydrogen-bond donors (Lipinski definition) is 0. The quantitative estimate of drug-likeness (QED) is 0.451. The van der Waals surface area contributed by atoms with E-state index in [2.05, 4.69) is 26.2 Å². The van der Waals surface area contributed by atoms with Crippen molar-refractivity contribution in [3.05, 3.63) is 61.4 Å². The summed E-state index contributed by atoms with van der Waals surface area (Å²) in [6.45, 7) is 1.02. The zero-order valence-corrected chi connectivity index (χ0v) is 19.4. The molecule has 4 aromatic rings. The van der Waals surface area contributed by atoms with Crippen LogP contribution in [0.2, 0.25) is 0 Å². The van der Waals surface area contributed by atoms with Gasteiger partial charge in [0, 0.05) is 67.2 Å². The molecule has 1 atom stereocenters. The Morgan fingerprint density at radius 2 is 1.64 bits per heavy atom. The highest BCUT2D eigenvalue weighted by Gasteiger charge is 2.27. The van der Waals surface area contributed by atoms with E-state index in [-0.39, 0.29) is 6.04 Å². The van der Waals surface area contributed by atoms with Crippen LogP contribution in [0, 0.1) is 0 Å². The van der Waals surface area contributed by atoms with Crippen LogP contribution in [0.1, 0.15) is 18.9 Å². The minimum Gasteiger partial charge on any atom is -0.275 e. The third-order valence-corrected chi connectivity index (χ3v) is 7.22. The third kappa shape index (κ3) is 4.57. The third-order valence-electron chi connectivity index (χ3n) is 5.95. The van der Waals surface area contributed by atoms with Gasteiger partial charge in [-0.2, -0.15) is 10.2 Å². The van der Waals surface area contributed by atoms with E-state index in [0.29, 0.717) is 18.9 Å². The Bertz CT molecular complexity index is 1380. The zero-order valence-electron chi connectivity index (χ0n) is 18.5. The van der Waals surface area contributed by atoms with Gasteiger partial charge in [-0.15, -0.1) is 0 Å². The van der Waals surface area contributed by atoms with Crippen LogP contribution in [0.5, 0.6) is 0 Å². The molecular weight excluding hydrogens is 438 g/mol. The number of hydrogen-bond acceptors (Lipinski definition) is 6. The van der Waals surface area contributed by atoms with E-state index in [4.69, 9.17) is 0 Å². The van der Waals surface area contributed by atoms with E-state index in [9.17, 15) is 8.42 Å². The van der Waals surface area contributed by atoms with E-state index < -0.39 is 10.0 Å². The van der Waals surface area contributed by atoms with E-state index in [1.165, 1.54) is 10.6 Å². The van der Waals surface area contributed by atoms with E-state index in [1.807, 2.05) is 48.5 Å². The van der Waals surface area contributed by atoms with Crippen molar-refractivity contribution in [2.45, 2.75) is 18.9 Å². The molecule has 0 saturated carbocycles. The highest BCUT2D eigenvalue weighted by molar-refractivity contribution is 7.88. The molecule has 5 rings (SSSR count). The number of sulfonamides is 1. The summed E-state index contributed by atoms with van der Waals surface area (Å²) in [4.78, 5) is 9.15. The Kier molecular flexibility index (Phi) is 5.55. The second-order valence-electron chi connectivity index (χ2n) is 8.40. The van der Waals surface area contributed by atoms with Gasteiger partial charge in [-0.1, -0.05) is 18.2 Å². The van der Waals surface area contributed by atoms with Crippen molar-refractivity contribution >= 4 is 10.0 Å². The van der Waals surface area contributed by atoms with E-state index in [0.717, 1.165) is 40.7 Å². The minimum atomic E-state index is -3.20. The molecule has 1 aliphatic rings. The molecule has 10 heteroatoms. The number of aromatic nitrogens is 6. The molecule has 0 unspecified atom stereocenters. The topological polar surface area (TPSA) is 98.8 Å². The lowest BCUT2D eigenvalue weighted by atomic mass is 10.1. The predicted octanol–water partition coefficient (Wildman–Crippen LogP) is 3.00. The smallest absolute Gasteiger partial charge is 0.211 e. The van der Waals surface area contributed by atoms with Crippen molar-refractivity contribution in [2.75, 3.05) is 19.3 Å². The summed E-state index contributed by atoms with van der Waals surface area (Å²) in [5, 5.41) is 8.73. The lowest BCUT2D eigenvalue weighted by Gasteiger charge is -2.30. The van der Waals surface area contributed by atoms with Gasteiger partial charge in [0.05, 0.1) is 24.7 Å². The molecule has 33 heavy (non-hydrogen) atoms. The standard InChI is InChI=1S/C23H25N7O2S/c1-28-14-20(12-26-28)17-5-3-6-18(9-17)23-24-10-19(11-25-23)21-13-27-30(15-21)22-7-4-8-29(16-22)33(2,31)32/h3,5-6,9-15,22H,4,7-8,16H2,1-2H3/t22-/m0/s1. The molecule has 1 fully saturated rings. The first-order chi connectivity index (χ1) is 15.9. The maximum absolute atomic E-state index is 11.9. The number of rotatable bonds is 5. The van der Waals surface area contributed by atoms with Crippen LogP contribution in [0.3, 0.4) is 0 Å². The molecule has 170 valence electrons.